The maximum absolute atomic E-state index is 13.0. The normalized spacial score (nSPS) is 11.3. The predicted octanol–water partition coefficient (Wildman–Crippen LogP) is 2.51. The minimum atomic E-state index is -0.289. The van der Waals surface area contributed by atoms with Crippen molar-refractivity contribution in [3.05, 3.63) is 30.1 Å². The summed E-state index contributed by atoms with van der Waals surface area (Å²) < 4.78 is 18.4. The lowest BCUT2D eigenvalue weighted by Crippen LogP contribution is -2.39. The lowest BCUT2D eigenvalue weighted by molar-refractivity contribution is 0.320. The molecule has 4 nitrogen and oxygen atoms in total. The zero-order valence-electron chi connectivity index (χ0n) is 12.7. The molecule has 0 bridgehead atoms. The first-order chi connectivity index (χ1) is 10.3. The molecule has 1 aromatic rings. The number of nitrogens with zero attached hydrogens (tertiary/aromatic N) is 1. The Hall–Kier alpha value is -1.43. The van der Waals surface area contributed by atoms with Gasteiger partial charge in [-0.15, -0.1) is 0 Å². The van der Waals surface area contributed by atoms with E-state index in [0.29, 0.717) is 18.9 Å². The first kappa shape index (κ1) is 17.6. The number of aliphatic imine (C=N–C) groups is 1. The summed E-state index contributed by atoms with van der Waals surface area (Å²) >= 11 is 1.87. The Balaban J connectivity index is 2.12. The molecule has 0 amide bonds. The van der Waals surface area contributed by atoms with E-state index in [4.69, 9.17) is 4.74 Å². The topological polar surface area (TPSA) is 45.7 Å². The van der Waals surface area contributed by atoms with Crippen LogP contribution in [0.15, 0.2) is 29.3 Å². The van der Waals surface area contributed by atoms with Gasteiger partial charge in [0.25, 0.3) is 0 Å². The van der Waals surface area contributed by atoms with Crippen molar-refractivity contribution in [1.82, 2.24) is 10.6 Å². The number of benzene rings is 1. The van der Waals surface area contributed by atoms with Gasteiger partial charge < -0.3 is 15.4 Å². The zero-order valence-corrected chi connectivity index (χ0v) is 13.5. The second kappa shape index (κ2) is 11.3. The van der Waals surface area contributed by atoms with Gasteiger partial charge in [-0.2, -0.15) is 11.8 Å². The molecule has 1 rings (SSSR count). The van der Waals surface area contributed by atoms with Gasteiger partial charge in [0.2, 0.25) is 0 Å². The third kappa shape index (κ3) is 8.45. The van der Waals surface area contributed by atoms with Crippen LogP contribution in [0, 0.1) is 5.82 Å². The van der Waals surface area contributed by atoms with Crippen LogP contribution in [0.3, 0.4) is 0 Å². The maximum Gasteiger partial charge on any atom is 0.191 e. The molecule has 0 unspecified atom stereocenters. The van der Waals surface area contributed by atoms with Crippen LogP contribution >= 0.6 is 11.8 Å². The van der Waals surface area contributed by atoms with Crippen molar-refractivity contribution in [2.24, 2.45) is 4.99 Å². The van der Waals surface area contributed by atoms with Crippen LogP contribution in [-0.4, -0.2) is 44.7 Å². The van der Waals surface area contributed by atoms with Crippen molar-refractivity contribution in [2.75, 3.05) is 38.8 Å². The molecule has 0 fully saturated rings. The summed E-state index contributed by atoms with van der Waals surface area (Å²) in [6.45, 7) is 1.97. The number of guanidine groups is 1. The molecule has 0 aromatic heterocycles. The Morgan fingerprint density at radius 2 is 2.10 bits per heavy atom. The summed E-state index contributed by atoms with van der Waals surface area (Å²) in [6.07, 6.45) is 4.45. The molecule has 0 atom stereocenters. The second-order valence-corrected chi connectivity index (χ2v) is 5.42. The molecule has 0 aliphatic heterocycles. The molecule has 0 spiro atoms. The molecule has 0 saturated heterocycles. The monoisotopic (exact) mass is 313 g/mol. The van der Waals surface area contributed by atoms with Gasteiger partial charge in [0.15, 0.2) is 5.96 Å². The molecular formula is C15H24FN3OS. The number of thioether (sulfide) groups is 1. The molecule has 0 aliphatic carbocycles. The average Bonchev–Trinajstić information content (AvgIpc) is 2.49. The standard InChI is InChI=1S/C15H24FN3OS/c1-17-15(18-8-3-4-11-21-2)19-9-10-20-14-7-5-6-13(16)12-14/h5-7,12H,3-4,8-11H2,1-2H3,(H2,17,18,19). The lowest BCUT2D eigenvalue weighted by Gasteiger charge is -2.12. The zero-order chi connectivity index (χ0) is 15.3. The molecule has 0 saturated carbocycles. The van der Waals surface area contributed by atoms with Crippen LogP contribution in [-0.2, 0) is 0 Å². The summed E-state index contributed by atoms with van der Waals surface area (Å²) in [5.74, 6) is 2.21. The lowest BCUT2D eigenvalue weighted by atomic mass is 10.3. The largest absolute Gasteiger partial charge is 0.492 e. The minimum Gasteiger partial charge on any atom is -0.492 e. The Labute approximate surface area is 130 Å². The van der Waals surface area contributed by atoms with Gasteiger partial charge in [-0.1, -0.05) is 6.07 Å². The third-order valence-electron chi connectivity index (χ3n) is 2.75. The molecular weight excluding hydrogens is 289 g/mol. The van der Waals surface area contributed by atoms with Crippen LogP contribution in [0.25, 0.3) is 0 Å². The van der Waals surface area contributed by atoms with Crippen LogP contribution in [0.5, 0.6) is 5.75 Å². The van der Waals surface area contributed by atoms with Gasteiger partial charge in [0.05, 0.1) is 6.54 Å². The van der Waals surface area contributed by atoms with E-state index in [-0.39, 0.29) is 5.82 Å². The van der Waals surface area contributed by atoms with E-state index in [2.05, 4.69) is 21.9 Å². The van der Waals surface area contributed by atoms with Crippen molar-refractivity contribution in [2.45, 2.75) is 12.8 Å². The SMILES string of the molecule is CN=C(NCCCCSC)NCCOc1cccc(F)c1. The average molecular weight is 313 g/mol. The highest BCUT2D eigenvalue weighted by Gasteiger charge is 1.98. The van der Waals surface area contributed by atoms with E-state index in [9.17, 15) is 4.39 Å². The highest BCUT2D eigenvalue weighted by molar-refractivity contribution is 7.98. The number of hydrogen-bond donors (Lipinski definition) is 2. The van der Waals surface area contributed by atoms with E-state index in [1.165, 1.54) is 24.3 Å². The third-order valence-corrected chi connectivity index (χ3v) is 3.45. The molecule has 0 aliphatic rings. The van der Waals surface area contributed by atoms with Crippen molar-refractivity contribution < 1.29 is 9.13 Å². The molecule has 1 aromatic carbocycles. The molecule has 118 valence electrons. The number of hydrogen-bond acceptors (Lipinski definition) is 3. The van der Waals surface area contributed by atoms with E-state index in [0.717, 1.165) is 18.9 Å². The fraction of sp³-hybridized carbons (Fsp3) is 0.533. The van der Waals surface area contributed by atoms with E-state index < -0.39 is 0 Å². The molecule has 6 heteroatoms. The van der Waals surface area contributed by atoms with Gasteiger partial charge in [-0.3, -0.25) is 4.99 Å². The number of unbranched alkanes of at least 4 members (excludes halogenated alkanes) is 1. The van der Waals surface area contributed by atoms with Crippen molar-refractivity contribution >= 4 is 17.7 Å². The van der Waals surface area contributed by atoms with Crippen LogP contribution in [0.2, 0.25) is 0 Å². The highest BCUT2D eigenvalue weighted by Crippen LogP contribution is 2.11. The molecule has 0 heterocycles. The Morgan fingerprint density at radius 3 is 2.81 bits per heavy atom. The summed E-state index contributed by atoms with van der Waals surface area (Å²) in [5, 5.41) is 6.41. The van der Waals surface area contributed by atoms with E-state index in [1.54, 1.807) is 19.2 Å². The van der Waals surface area contributed by atoms with Crippen molar-refractivity contribution in [1.29, 1.82) is 0 Å². The first-order valence-electron chi connectivity index (χ1n) is 7.08. The Kier molecular flexibility index (Phi) is 9.44. The van der Waals surface area contributed by atoms with Crippen LogP contribution in [0.4, 0.5) is 4.39 Å². The quantitative estimate of drug-likeness (QED) is 0.418. The highest BCUT2D eigenvalue weighted by atomic mass is 32.2. The Bertz CT molecular complexity index is 429. The summed E-state index contributed by atoms with van der Waals surface area (Å²) in [4.78, 5) is 4.14. The molecule has 21 heavy (non-hydrogen) atoms. The van der Waals surface area contributed by atoms with Gasteiger partial charge in [0.1, 0.15) is 18.2 Å². The van der Waals surface area contributed by atoms with E-state index >= 15 is 0 Å². The summed E-state index contributed by atoms with van der Waals surface area (Å²) in [6, 6.07) is 6.14. The second-order valence-electron chi connectivity index (χ2n) is 4.43. The van der Waals surface area contributed by atoms with Crippen LogP contribution < -0.4 is 15.4 Å². The summed E-state index contributed by atoms with van der Waals surface area (Å²) in [7, 11) is 1.74. The number of halogens is 1. The van der Waals surface area contributed by atoms with E-state index in [1.807, 2.05) is 11.8 Å². The number of nitrogens with one attached hydrogen (secondary N) is 2. The predicted molar refractivity (Wildman–Crippen MR) is 88.9 cm³/mol. The maximum atomic E-state index is 13.0. The smallest absolute Gasteiger partial charge is 0.191 e. The van der Waals surface area contributed by atoms with Gasteiger partial charge in [-0.05, 0) is 37.0 Å². The molecule has 0 radical (unpaired) electrons. The summed E-state index contributed by atoms with van der Waals surface area (Å²) in [5.41, 5.74) is 0. The number of rotatable bonds is 9. The number of ether oxygens (including phenoxy) is 1. The van der Waals surface area contributed by atoms with Crippen molar-refractivity contribution in [3.8, 4) is 5.75 Å². The van der Waals surface area contributed by atoms with Crippen molar-refractivity contribution in [3.63, 3.8) is 0 Å². The van der Waals surface area contributed by atoms with Gasteiger partial charge >= 0.3 is 0 Å². The first-order valence-corrected chi connectivity index (χ1v) is 8.47. The fourth-order valence-corrected chi connectivity index (χ4v) is 2.19. The van der Waals surface area contributed by atoms with Gasteiger partial charge in [-0.25, -0.2) is 4.39 Å². The Morgan fingerprint density at radius 1 is 1.29 bits per heavy atom. The van der Waals surface area contributed by atoms with Crippen LogP contribution in [0.1, 0.15) is 12.8 Å². The molecule has 2 N–H and O–H groups in total. The fourth-order valence-electron chi connectivity index (χ4n) is 1.69. The van der Waals surface area contributed by atoms with Gasteiger partial charge in [0, 0.05) is 19.7 Å². The minimum absolute atomic E-state index is 0.289.